The van der Waals surface area contributed by atoms with Crippen LogP contribution in [0.2, 0.25) is 0 Å². The first-order valence-corrected chi connectivity index (χ1v) is 5.09. The van der Waals surface area contributed by atoms with Crippen molar-refractivity contribution in [3.8, 4) is 0 Å². The maximum Gasteiger partial charge on any atom is 0.346 e. The van der Waals surface area contributed by atoms with Gasteiger partial charge in [0.2, 0.25) is 5.60 Å². The summed E-state index contributed by atoms with van der Waals surface area (Å²) in [6.07, 6.45) is 0.893. The van der Waals surface area contributed by atoms with Crippen molar-refractivity contribution in [1.29, 1.82) is 0 Å². The van der Waals surface area contributed by atoms with Crippen LogP contribution in [0.4, 0.5) is 0 Å². The minimum atomic E-state index is -2.17. The summed E-state index contributed by atoms with van der Waals surface area (Å²) in [6.45, 7) is 4.31. The summed E-state index contributed by atoms with van der Waals surface area (Å²) in [7, 11) is 0. The van der Waals surface area contributed by atoms with E-state index >= 15 is 0 Å². The number of carbonyl (C=O) groups excluding carboxylic acids is 2. The second-order valence-corrected chi connectivity index (χ2v) is 3.70. The van der Waals surface area contributed by atoms with E-state index < -0.39 is 17.4 Å². The summed E-state index contributed by atoms with van der Waals surface area (Å²) in [4.78, 5) is 22.7. The molecule has 0 heterocycles. The van der Waals surface area contributed by atoms with Crippen molar-refractivity contribution in [2.75, 3.05) is 0 Å². The molecule has 4 heteroatoms. The minimum absolute atomic E-state index is 0.0141. The number of ketones is 1. The van der Waals surface area contributed by atoms with Gasteiger partial charge in [0.25, 0.3) is 0 Å². The van der Waals surface area contributed by atoms with Crippen LogP contribution in [0.25, 0.3) is 0 Å². The van der Waals surface area contributed by atoms with Crippen LogP contribution < -0.4 is 0 Å². The van der Waals surface area contributed by atoms with E-state index in [1.165, 1.54) is 0 Å². The van der Waals surface area contributed by atoms with Crippen LogP contribution in [0.15, 0.2) is 43.0 Å². The van der Waals surface area contributed by atoms with Gasteiger partial charge in [-0.25, -0.2) is 4.79 Å². The lowest BCUT2D eigenvalue weighted by Gasteiger charge is -2.17. The quantitative estimate of drug-likeness (QED) is 0.473. The molecule has 0 bridgehead atoms. The Morgan fingerprint density at radius 3 is 2.53 bits per heavy atom. The molecule has 0 aliphatic carbocycles. The van der Waals surface area contributed by atoms with Gasteiger partial charge in [-0.1, -0.05) is 36.9 Å². The molecule has 17 heavy (non-hydrogen) atoms. The molecule has 1 aromatic carbocycles. The summed E-state index contributed by atoms with van der Waals surface area (Å²) >= 11 is 0. The molecule has 0 radical (unpaired) electrons. The van der Waals surface area contributed by atoms with Gasteiger partial charge in [0.15, 0.2) is 5.78 Å². The van der Waals surface area contributed by atoms with Crippen molar-refractivity contribution < 1.29 is 19.4 Å². The number of hydrogen-bond donors (Lipinski definition) is 1. The third-order valence-corrected chi connectivity index (χ3v) is 2.28. The monoisotopic (exact) mass is 234 g/mol. The van der Waals surface area contributed by atoms with Gasteiger partial charge in [0, 0.05) is 0 Å². The zero-order chi connectivity index (χ0) is 12.9. The molecule has 0 amide bonds. The van der Waals surface area contributed by atoms with Crippen molar-refractivity contribution in [3.05, 3.63) is 48.6 Å². The first-order valence-electron chi connectivity index (χ1n) is 5.09. The first kappa shape index (κ1) is 13.1. The summed E-state index contributed by atoms with van der Waals surface area (Å²) in [5, 5.41) is 9.63. The van der Waals surface area contributed by atoms with Crippen LogP contribution >= 0.6 is 0 Å². The SMILES string of the molecule is C=CC(=O)C(C)(O)C(=O)OCc1ccccc1. The summed E-state index contributed by atoms with van der Waals surface area (Å²) in [6, 6.07) is 8.99. The van der Waals surface area contributed by atoms with Crippen LogP contribution in [0, 0.1) is 0 Å². The Bertz CT molecular complexity index is 420. The number of aliphatic hydroxyl groups is 1. The fraction of sp³-hybridized carbons (Fsp3) is 0.231. The van der Waals surface area contributed by atoms with E-state index in [1.807, 2.05) is 6.07 Å². The average Bonchev–Trinajstić information content (AvgIpc) is 2.35. The van der Waals surface area contributed by atoms with Crippen LogP contribution in [0.5, 0.6) is 0 Å². The van der Waals surface area contributed by atoms with Gasteiger partial charge in [-0.05, 0) is 18.6 Å². The lowest BCUT2D eigenvalue weighted by Crippen LogP contribution is -2.43. The van der Waals surface area contributed by atoms with Gasteiger partial charge in [-0.15, -0.1) is 0 Å². The number of rotatable bonds is 5. The predicted octanol–water partition coefficient (Wildman–Crippen LogP) is 1.24. The van der Waals surface area contributed by atoms with Gasteiger partial charge in [0.1, 0.15) is 6.61 Å². The second-order valence-electron chi connectivity index (χ2n) is 3.70. The molecule has 0 aliphatic heterocycles. The van der Waals surface area contributed by atoms with Crippen molar-refractivity contribution in [1.82, 2.24) is 0 Å². The van der Waals surface area contributed by atoms with Crippen LogP contribution in [0.1, 0.15) is 12.5 Å². The maximum atomic E-state index is 11.5. The standard InChI is InChI=1S/C13H14O4/c1-3-11(14)13(2,16)12(15)17-9-10-7-5-4-6-8-10/h3-8,16H,1,9H2,2H3. The van der Waals surface area contributed by atoms with Crippen molar-refractivity contribution in [2.45, 2.75) is 19.1 Å². The first-order chi connectivity index (χ1) is 7.98. The fourth-order valence-electron chi connectivity index (χ4n) is 1.16. The molecule has 0 aromatic heterocycles. The Morgan fingerprint density at radius 1 is 1.41 bits per heavy atom. The zero-order valence-corrected chi connectivity index (χ0v) is 9.55. The molecular formula is C13H14O4. The normalized spacial score (nSPS) is 13.5. The maximum absolute atomic E-state index is 11.5. The fourth-order valence-corrected chi connectivity index (χ4v) is 1.16. The Kier molecular flexibility index (Phi) is 4.17. The second kappa shape index (κ2) is 5.41. The lowest BCUT2D eigenvalue weighted by molar-refractivity contribution is -0.168. The van der Waals surface area contributed by atoms with E-state index in [-0.39, 0.29) is 6.61 Å². The minimum Gasteiger partial charge on any atom is -0.458 e. The topological polar surface area (TPSA) is 63.6 Å². The molecule has 4 nitrogen and oxygen atoms in total. The van der Waals surface area contributed by atoms with Gasteiger partial charge in [-0.2, -0.15) is 0 Å². The van der Waals surface area contributed by atoms with Crippen molar-refractivity contribution in [2.24, 2.45) is 0 Å². The van der Waals surface area contributed by atoms with Gasteiger partial charge >= 0.3 is 5.97 Å². The molecular weight excluding hydrogens is 220 g/mol. The number of benzene rings is 1. The van der Waals surface area contributed by atoms with Crippen molar-refractivity contribution >= 4 is 11.8 Å². The largest absolute Gasteiger partial charge is 0.458 e. The van der Waals surface area contributed by atoms with E-state index in [9.17, 15) is 14.7 Å². The Hall–Kier alpha value is -1.94. The van der Waals surface area contributed by atoms with Crippen LogP contribution in [-0.4, -0.2) is 22.5 Å². The van der Waals surface area contributed by atoms with E-state index in [0.717, 1.165) is 18.6 Å². The number of hydrogen-bond acceptors (Lipinski definition) is 4. The molecule has 0 saturated heterocycles. The van der Waals surface area contributed by atoms with Gasteiger partial charge < -0.3 is 9.84 Å². The van der Waals surface area contributed by atoms with E-state index in [2.05, 4.69) is 6.58 Å². The molecule has 0 aliphatic rings. The molecule has 1 atom stereocenters. The lowest BCUT2D eigenvalue weighted by atomic mass is 10.0. The highest BCUT2D eigenvalue weighted by Gasteiger charge is 2.38. The molecule has 0 fully saturated rings. The van der Waals surface area contributed by atoms with Crippen LogP contribution in [-0.2, 0) is 20.9 Å². The summed E-state index contributed by atoms with van der Waals surface area (Å²) in [5.41, 5.74) is -1.39. The smallest absolute Gasteiger partial charge is 0.346 e. The van der Waals surface area contributed by atoms with E-state index in [4.69, 9.17) is 4.74 Å². The highest BCUT2D eigenvalue weighted by Crippen LogP contribution is 2.10. The van der Waals surface area contributed by atoms with Crippen molar-refractivity contribution in [3.63, 3.8) is 0 Å². The summed E-state index contributed by atoms with van der Waals surface area (Å²) in [5.74, 6) is -1.76. The molecule has 1 aromatic rings. The molecule has 1 unspecified atom stereocenters. The third-order valence-electron chi connectivity index (χ3n) is 2.28. The van der Waals surface area contributed by atoms with Gasteiger partial charge in [-0.3, -0.25) is 4.79 Å². The third kappa shape index (κ3) is 3.26. The Labute approximate surface area is 99.5 Å². The number of esters is 1. The number of carbonyl (C=O) groups is 2. The van der Waals surface area contributed by atoms with E-state index in [1.54, 1.807) is 24.3 Å². The molecule has 0 spiro atoms. The predicted molar refractivity (Wildman–Crippen MR) is 62.1 cm³/mol. The van der Waals surface area contributed by atoms with E-state index in [0.29, 0.717) is 0 Å². The molecule has 1 rings (SSSR count). The molecule has 1 N–H and O–H groups in total. The average molecular weight is 234 g/mol. The highest BCUT2D eigenvalue weighted by molar-refractivity contribution is 6.11. The highest BCUT2D eigenvalue weighted by atomic mass is 16.5. The Morgan fingerprint density at radius 2 is 2.00 bits per heavy atom. The van der Waals surface area contributed by atoms with Crippen LogP contribution in [0.3, 0.4) is 0 Å². The molecule has 0 saturated carbocycles. The van der Waals surface area contributed by atoms with Gasteiger partial charge in [0.05, 0.1) is 0 Å². The zero-order valence-electron chi connectivity index (χ0n) is 9.55. The Balaban J connectivity index is 2.61. The number of ether oxygens (including phenoxy) is 1. The molecule has 90 valence electrons. The summed E-state index contributed by atoms with van der Waals surface area (Å²) < 4.78 is 4.86.